The van der Waals surface area contributed by atoms with Crippen molar-refractivity contribution in [3.8, 4) is 5.75 Å². The van der Waals surface area contributed by atoms with E-state index >= 15 is 0 Å². The van der Waals surface area contributed by atoms with Crippen molar-refractivity contribution < 1.29 is 19.1 Å². The maximum Gasteiger partial charge on any atom is 0.308 e. The Morgan fingerprint density at radius 1 is 1.34 bits per heavy atom. The molecule has 6 nitrogen and oxygen atoms in total. The molecule has 3 aromatic rings. The molecule has 0 amide bonds. The topological polar surface area (TPSA) is 75.8 Å². The summed E-state index contributed by atoms with van der Waals surface area (Å²) in [7, 11) is 1.67. The van der Waals surface area contributed by atoms with Gasteiger partial charge in [0.05, 0.1) is 24.8 Å². The molecule has 32 heavy (non-hydrogen) atoms. The fourth-order valence-electron chi connectivity index (χ4n) is 4.60. The molecule has 0 bridgehead atoms. The van der Waals surface area contributed by atoms with Crippen LogP contribution in [0.25, 0.3) is 10.9 Å². The third-order valence-electron chi connectivity index (χ3n) is 6.36. The summed E-state index contributed by atoms with van der Waals surface area (Å²) in [4.78, 5) is 18.7. The van der Waals surface area contributed by atoms with Gasteiger partial charge in [-0.1, -0.05) is 11.8 Å². The number of aromatic nitrogens is 1. The van der Waals surface area contributed by atoms with Crippen LogP contribution in [0.15, 0.2) is 58.4 Å². The second-order valence-electron chi connectivity index (χ2n) is 8.32. The van der Waals surface area contributed by atoms with Crippen molar-refractivity contribution in [2.45, 2.75) is 30.8 Å². The number of furan rings is 1. The lowest BCUT2D eigenvalue weighted by atomic mass is 9.81. The monoisotopic (exact) mass is 454 g/mol. The van der Waals surface area contributed by atoms with Crippen LogP contribution in [0.3, 0.4) is 0 Å². The molecule has 0 spiro atoms. The smallest absolute Gasteiger partial charge is 0.308 e. The van der Waals surface area contributed by atoms with Crippen LogP contribution in [0.2, 0.25) is 0 Å². The molecule has 170 valence electrons. The lowest BCUT2D eigenvalue weighted by Gasteiger charge is -2.36. The maximum absolute atomic E-state index is 12.0. The molecule has 0 saturated carbocycles. The molecule has 4 rings (SSSR count). The van der Waals surface area contributed by atoms with E-state index in [1.807, 2.05) is 36.5 Å². The molecule has 0 aliphatic carbocycles. The number of hydrogen-bond donors (Lipinski definition) is 1. The average Bonchev–Trinajstić information content (AvgIpc) is 3.33. The second kappa shape index (κ2) is 10.9. The van der Waals surface area contributed by atoms with Gasteiger partial charge in [0.15, 0.2) is 5.09 Å². The first kappa shape index (κ1) is 22.7. The molecule has 2 unspecified atom stereocenters. The van der Waals surface area contributed by atoms with E-state index in [-0.39, 0.29) is 11.8 Å². The van der Waals surface area contributed by atoms with E-state index < -0.39 is 5.97 Å². The fraction of sp³-hybridized carbons (Fsp3) is 0.440. The largest absolute Gasteiger partial charge is 0.497 e. The summed E-state index contributed by atoms with van der Waals surface area (Å²) in [5.41, 5.74) is 2.21. The minimum Gasteiger partial charge on any atom is -0.497 e. The number of fused-ring (bicyclic) bond motifs is 1. The summed E-state index contributed by atoms with van der Waals surface area (Å²) in [6.45, 7) is 2.48. The molecule has 0 radical (unpaired) electrons. The highest BCUT2D eigenvalue weighted by molar-refractivity contribution is 7.99. The van der Waals surface area contributed by atoms with Crippen molar-refractivity contribution in [1.29, 1.82) is 0 Å². The molecular formula is C25H30N2O4S. The van der Waals surface area contributed by atoms with Crippen molar-refractivity contribution in [2.24, 2.45) is 11.8 Å². The van der Waals surface area contributed by atoms with Gasteiger partial charge >= 0.3 is 5.97 Å². The zero-order valence-corrected chi connectivity index (χ0v) is 19.2. The lowest BCUT2D eigenvalue weighted by Crippen LogP contribution is -2.44. The van der Waals surface area contributed by atoms with Gasteiger partial charge in [-0.15, -0.1) is 0 Å². The number of benzene rings is 1. The van der Waals surface area contributed by atoms with Crippen LogP contribution < -0.4 is 4.74 Å². The number of aliphatic carboxylic acids is 1. The van der Waals surface area contributed by atoms with Gasteiger partial charge < -0.3 is 19.2 Å². The first-order chi connectivity index (χ1) is 15.6. The summed E-state index contributed by atoms with van der Waals surface area (Å²) < 4.78 is 10.7. The molecule has 1 fully saturated rings. The van der Waals surface area contributed by atoms with E-state index in [2.05, 4.69) is 16.0 Å². The number of carboxylic acid groups (broad SMARTS) is 1. The van der Waals surface area contributed by atoms with E-state index in [1.54, 1.807) is 25.1 Å². The highest BCUT2D eigenvalue weighted by Gasteiger charge is 2.33. The normalized spacial score (nSPS) is 19.3. The molecular weight excluding hydrogens is 424 g/mol. The standard InChI is InChI=1S/C25H30N2O4S/c1-30-20-7-8-23-21(16-20)18(9-11-26-23)4-2-5-19-10-12-27(17-22(19)25(28)29)13-15-32-24-6-3-14-31-24/h3,6-9,11,14,16,19,22H,2,4-5,10,12-13,15,17H2,1H3,(H,28,29). The number of methoxy groups -OCH3 is 1. The zero-order valence-electron chi connectivity index (χ0n) is 18.4. The number of piperidine rings is 1. The van der Waals surface area contributed by atoms with Gasteiger partial charge in [-0.2, -0.15) is 0 Å². The van der Waals surface area contributed by atoms with Crippen LogP contribution >= 0.6 is 11.8 Å². The minimum atomic E-state index is -0.669. The summed E-state index contributed by atoms with van der Waals surface area (Å²) in [6.07, 6.45) is 7.29. The number of thioether (sulfide) groups is 1. The van der Waals surface area contributed by atoms with E-state index in [1.165, 1.54) is 5.56 Å². The Balaban J connectivity index is 1.30. The number of ether oxygens (including phenoxy) is 1. The van der Waals surface area contributed by atoms with Crippen LogP contribution in [0.5, 0.6) is 5.75 Å². The van der Waals surface area contributed by atoms with E-state index in [4.69, 9.17) is 9.15 Å². The van der Waals surface area contributed by atoms with E-state index in [0.717, 1.165) is 66.3 Å². The highest BCUT2D eigenvalue weighted by Crippen LogP contribution is 2.30. The molecule has 2 atom stereocenters. The molecule has 7 heteroatoms. The number of carboxylic acids is 1. The van der Waals surface area contributed by atoms with Gasteiger partial charge in [0.1, 0.15) is 5.75 Å². The number of nitrogens with zero attached hydrogens (tertiary/aromatic N) is 2. The van der Waals surface area contributed by atoms with Crippen LogP contribution in [-0.2, 0) is 11.2 Å². The number of rotatable bonds is 10. The molecule has 1 aliphatic rings. The maximum atomic E-state index is 12.0. The Bertz CT molecular complexity index is 1020. The van der Waals surface area contributed by atoms with Gasteiger partial charge in [-0.25, -0.2) is 0 Å². The Morgan fingerprint density at radius 3 is 3.03 bits per heavy atom. The summed E-state index contributed by atoms with van der Waals surface area (Å²) in [5.74, 6) is 0.992. The Labute approximate surface area is 193 Å². The Hall–Kier alpha value is -2.51. The molecule has 1 aromatic carbocycles. The van der Waals surface area contributed by atoms with Crippen LogP contribution in [0, 0.1) is 11.8 Å². The number of likely N-dealkylation sites (tertiary alicyclic amines) is 1. The zero-order chi connectivity index (χ0) is 22.3. The van der Waals surface area contributed by atoms with Crippen molar-refractivity contribution >= 4 is 28.6 Å². The van der Waals surface area contributed by atoms with Gasteiger partial charge in [0.25, 0.3) is 0 Å². The molecule has 1 aliphatic heterocycles. The molecule has 2 aromatic heterocycles. The lowest BCUT2D eigenvalue weighted by molar-refractivity contribution is -0.146. The Morgan fingerprint density at radius 2 is 2.25 bits per heavy atom. The quantitative estimate of drug-likeness (QED) is 0.433. The number of carbonyl (C=O) groups is 1. The van der Waals surface area contributed by atoms with Gasteiger partial charge in [-0.05, 0) is 80.1 Å². The summed E-state index contributed by atoms with van der Waals surface area (Å²) in [5, 5.41) is 11.9. The number of aryl methyl sites for hydroxylation is 1. The predicted molar refractivity (Wildman–Crippen MR) is 126 cm³/mol. The van der Waals surface area contributed by atoms with Crippen molar-refractivity contribution in [2.75, 3.05) is 32.5 Å². The number of hydrogen-bond acceptors (Lipinski definition) is 6. The minimum absolute atomic E-state index is 0.226. The van der Waals surface area contributed by atoms with Crippen molar-refractivity contribution in [3.63, 3.8) is 0 Å². The molecule has 1 N–H and O–H groups in total. The van der Waals surface area contributed by atoms with E-state index in [0.29, 0.717) is 6.54 Å². The first-order valence-electron chi connectivity index (χ1n) is 11.2. The summed E-state index contributed by atoms with van der Waals surface area (Å²) >= 11 is 1.68. The van der Waals surface area contributed by atoms with Gasteiger partial charge in [0.2, 0.25) is 0 Å². The summed E-state index contributed by atoms with van der Waals surface area (Å²) in [6, 6.07) is 11.9. The third kappa shape index (κ3) is 5.64. The molecule has 3 heterocycles. The van der Waals surface area contributed by atoms with Crippen LogP contribution in [0.1, 0.15) is 24.8 Å². The SMILES string of the molecule is COc1ccc2nccc(CCCC3CCN(CCSc4ccco4)CC3C(=O)O)c2c1. The van der Waals surface area contributed by atoms with Crippen molar-refractivity contribution in [1.82, 2.24) is 9.88 Å². The van der Waals surface area contributed by atoms with Crippen molar-refractivity contribution in [3.05, 3.63) is 54.4 Å². The van der Waals surface area contributed by atoms with Gasteiger partial charge in [0, 0.05) is 30.4 Å². The predicted octanol–water partition coefficient (Wildman–Crippen LogP) is 4.97. The van der Waals surface area contributed by atoms with Crippen LogP contribution in [0.4, 0.5) is 0 Å². The first-order valence-corrected chi connectivity index (χ1v) is 12.2. The van der Waals surface area contributed by atoms with E-state index in [9.17, 15) is 9.90 Å². The second-order valence-corrected chi connectivity index (χ2v) is 9.42. The average molecular weight is 455 g/mol. The highest BCUT2D eigenvalue weighted by atomic mass is 32.2. The molecule has 1 saturated heterocycles. The third-order valence-corrected chi connectivity index (χ3v) is 7.27. The fourth-order valence-corrected chi connectivity index (χ4v) is 5.45. The van der Waals surface area contributed by atoms with Crippen LogP contribution in [-0.4, -0.2) is 53.5 Å². The van der Waals surface area contributed by atoms with Gasteiger partial charge in [-0.3, -0.25) is 9.78 Å². The number of pyridine rings is 1. The Kier molecular flexibility index (Phi) is 7.71.